The van der Waals surface area contributed by atoms with E-state index in [1.807, 2.05) is 6.07 Å². The number of nitrogens with one attached hydrogen (secondary N) is 1. The molecule has 1 heterocycles. The number of anilines is 1. The lowest BCUT2D eigenvalue weighted by Gasteiger charge is -2.17. The molecule has 1 aliphatic heterocycles. The first-order chi connectivity index (χ1) is 9.74. The molecule has 20 heavy (non-hydrogen) atoms. The van der Waals surface area contributed by atoms with E-state index in [2.05, 4.69) is 61.6 Å². The summed E-state index contributed by atoms with van der Waals surface area (Å²) < 4.78 is 5.97. The van der Waals surface area contributed by atoms with Gasteiger partial charge in [-0.05, 0) is 29.2 Å². The van der Waals surface area contributed by atoms with Crippen molar-refractivity contribution in [1.29, 1.82) is 0 Å². The van der Waals surface area contributed by atoms with Crippen LogP contribution in [-0.4, -0.2) is 12.6 Å². The van der Waals surface area contributed by atoms with Gasteiger partial charge in [0.15, 0.2) is 0 Å². The highest BCUT2D eigenvalue weighted by Crippen LogP contribution is 2.29. The normalized spacial score (nSPS) is 16.9. The summed E-state index contributed by atoms with van der Waals surface area (Å²) in [7, 11) is 0. The van der Waals surface area contributed by atoms with Crippen LogP contribution < -0.4 is 10.1 Å². The Morgan fingerprint density at radius 2 is 1.85 bits per heavy atom. The molecule has 2 aromatic carbocycles. The van der Waals surface area contributed by atoms with Crippen LogP contribution in [-0.2, 0) is 6.42 Å². The van der Waals surface area contributed by atoms with Gasteiger partial charge in [0.1, 0.15) is 11.9 Å². The number of hydrogen-bond donors (Lipinski definition) is 1. The Hall–Kier alpha value is -1.96. The van der Waals surface area contributed by atoms with E-state index in [1.165, 1.54) is 16.8 Å². The van der Waals surface area contributed by atoms with Crippen LogP contribution in [0.5, 0.6) is 5.75 Å². The van der Waals surface area contributed by atoms with Crippen molar-refractivity contribution >= 4 is 5.69 Å². The Kier molecular flexibility index (Phi) is 3.64. The van der Waals surface area contributed by atoms with Crippen LogP contribution in [0, 0.1) is 0 Å². The minimum Gasteiger partial charge on any atom is -0.488 e. The van der Waals surface area contributed by atoms with Crippen molar-refractivity contribution in [2.24, 2.45) is 0 Å². The molecule has 0 aromatic heterocycles. The third-order valence-corrected chi connectivity index (χ3v) is 3.82. The summed E-state index contributed by atoms with van der Waals surface area (Å²) in [6.07, 6.45) is 1.22. The highest BCUT2D eigenvalue weighted by atomic mass is 16.5. The van der Waals surface area contributed by atoms with Crippen molar-refractivity contribution in [2.75, 3.05) is 11.9 Å². The van der Waals surface area contributed by atoms with Gasteiger partial charge in [0, 0.05) is 12.1 Å². The standard InChI is InChI=1S/C18H21NO/c1-13(2)16-8-4-5-9-17(16)19-12-15-11-14-7-3-6-10-18(14)20-15/h3-10,13,15,19H,11-12H2,1-2H3. The molecule has 1 unspecified atom stereocenters. The second-order valence-electron chi connectivity index (χ2n) is 5.67. The Bertz CT molecular complexity index is 566. The molecular weight excluding hydrogens is 246 g/mol. The van der Waals surface area contributed by atoms with Gasteiger partial charge in [-0.2, -0.15) is 0 Å². The van der Waals surface area contributed by atoms with Crippen molar-refractivity contribution in [1.82, 2.24) is 0 Å². The van der Waals surface area contributed by atoms with Crippen LogP contribution in [0.2, 0.25) is 0 Å². The van der Waals surface area contributed by atoms with Gasteiger partial charge in [0.2, 0.25) is 0 Å². The molecule has 0 spiro atoms. The van der Waals surface area contributed by atoms with Gasteiger partial charge in [0.25, 0.3) is 0 Å². The van der Waals surface area contributed by atoms with E-state index in [4.69, 9.17) is 4.74 Å². The molecule has 0 saturated heterocycles. The van der Waals surface area contributed by atoms with Crippen molar-refractivity contribution in [2.45, 2.75) is 32.3 Å². The fourth-order valence-electron chi connectivity index (χ4n) is 2.75. The van der Waals surface area contributed by atoms with E-state index >= 15 is 0 Å². The monoisotopic (exact) mass is 267 g/mol. The quantitative estimate of drug-likeness (QED) is 0.895. The lowest BCUT2D eigenvalue weighted by Crippen LogP contribution is -2.24. The van der Waals surface area contributed by atoms with Crippen molar-refractivity contribution in [3.05, 3.63) is 59.7 Å². The number of fused-ring (bicyclic) bond motifs is 1. The molecule has 2 nitrogen and oxygen atoms in total. The van der Waals surface area contributed by atoms with Crippen LogP contribution >= 0.6 is 0 Å². The zero-order chi connectivity index (χ0) is 13.9. The summed E-state index contributed by atoms with van der Waals surface area (Å²) in [5.74, 6) is 1.57. The first-order valence-corrected chi connectivity index (χ1v) is 7.31. The Morgan fingerprint density at radius 1 is 1.10 bits per heavy atom. The fourth-order valence-corrected chi connectivity index (χ4v) is 2.75. The summed E-state index contributed by atoms with van der Waals surface area (Å²) in [4.78, 5) is 0. The molecule has 0 saturated carbocycles. The average molecular weight is 267 g/mol. The highest BCUT2D eigenvalue weighted by molar-refractivity contribution is 5.52. The maximum Gasteiger partial charge on any atom is 0.123 e. The molecule has 0 radical (unpaired) electrons. The van der Waals surface area contributed by atoms with Crippen molar-refractivity contribution in [3.8, 4) is 5.75 Å². The first-order valence-electron chi connectivity index (χ1n) is 7.31. The zero-order valence-corrected chi connectivity index (χ0v) is 12.1. The summed E-state index contributed by atoms with van der Waals surface area (Å²) in [5, 5.41) is 3.55. The molecule has 1 aliphatic rings. The predicted octanol–water partition coefficient (Wildman–Crippen LogP) is 4.23. The molecule has 0 aliphatic carbocycles. The van der Waals surface area contributed by atoms with Crippen LogP contribution in [0.15, 0.2) is 48.5 Å². The Labute approximate surface area is 120 Å². The van der Waals surface area contributed by atoms with Gasteiger partial charge < -0.3 is 10.1 Å². The van der Waals surface area contributed by atoms with Gasteiger partial charge in [-0.1, -0.05) is 50.2 Å². The molecule has 3 rings (SSSR count). The SMILES string of the molecule is CC(C)c1ccccc1NCC1Cc2ccccc2O1. The molecule has 0 fully saturated rings. The second kappa shape index (κ2) is 5.58. The van der Waals surface area contributed by atoms with E-state index in [0.717, 1.165) is 18.7 Å². The average Bonchev–Trinajstić information content (AvgIpc) is 2.88. The van der Waals surface area contributed by atoms with Crippen molar-refractivity contribution < 1.29 is 4.74 Å². The molecule has 0 amide bonds. The first kappa shape index (κ1) is 13.0. The second-order valence-corrected chi connectivity index (χ2v) is 5.67. The number of rotatable bonds is 4. The molecule has 1 atom stereocenters. The van der Waals surface area contributed by atoms with Gasteiger partial charge >= 0.3 is 0 Å². The molecule has 1 N–H and O–H groups in total. The smallest absolute Gasteiger partial charge is 0.123 e. The maximum absolute atomic E-state index is 5.97. The van der Waals surface area contributed by atoms with E-state index in [0.29, 0.717) is 5.92 Å². The number of benzene rings is 2. The van der Waals surface area contributed by atoms with E-state index in [9.17, 15) is 0 Å². The number of para-hydroxylation sites is 2. The highest BCUT2D eigenvalue weighted by Gasteiger charge is 2.22. The number of ether oxygens (including phenoxy) is 1. The molecule has 2 aromatic rings. The van der Waals surface area contributed by atoms with Gasteiger partial charge in [-0.25, -0.2) is 0 Å². The largest absolute Gasteiger partial charge is 0.488 e. The van der Waals surface area contributed by atoms with Crippen LogP contribution in [0.25, 0.3) is 0 Å². The third-order valence-electron chi connectivity index (χ3n) is 3.82. The van der Waals surface area contributed by atoms with Crippen LogP contribution in [0.4, 0.5) is 5.69 Å². The Balaban J connectivity index is 1.65. The van der Waals surface area contributed by atoms with Gasteiger partial charge in [0.05, 0.1) is 6.54 Å². The van der Waals surface area contributed by atoms with E-state index in [1.54, 1.807) is 0 Å². The van der Waals surface area contributed by atoms with E-state index in [-0.39, 0.29) is 6.10 Å². The predicted molar refractivity (Wildman–Crippen MR) is 83.6 cm³/mol. The van der Waals surface area contributed by atoms with Gasteiger partial charge in [-0.15, -0.1) is 0 Å². The summed E-state index contributed by atoms with van der Waals surface area (Å²) in [6.45, 7) is 5.29. The minimum atomic E-state index is 0.229. The molecule has 0 bridgehead atoms. The minimum absolute atomic E-state index is 0.229. The third kappa shape index (κ3) is 2.64. The molecule has 104 valence electrons. The fraction of sp³-hybridized carbons (Fsp3) is 0.333. The molecule has 2 heteroatoms. The number of hydrogen-bond acceptors (Lipinski definition) is 2. The topological polar surface area (TPSA) is 21.3 Å². The van der Waals surface area contributed by atoms with Crippen molar-refractivity contribution in [3.63, 3.8) is 0 Å². The zero-order valence-electron chi connectivity index (χ0n) is 12.1. The van der Waals surface area contributed by atoms with Gasteiger partial charge in [-0.3, -0.25) is 0 Å². The van der Waals surface area contributed by atoms with Crippen LogP contribution in [0.3, 0.4) is 0 Å². The van der Waals surface area contributed by atoms with Crippen LogP contribution in [0.1, 0.15) is 30.9 Å². The summed E-state index contributed by atoms with van der Waals surface area (Å²) >= 11 is 0. The van der Waals surface area contributed by atoms with E-state index < -0.39 is 0 Å². The maximum atomic E-state index is 5.97. The summed E-state index contributed by atoms with van der Waals surface area (Å²) in [5.41, 5.74) is 3.90. The lowest BCUT2D eigenvalue weighted by molar-refractivity contribution is 0.246. The lowest BCUT2D eigenvalue weighted by atomic mass is 10.0. The molecular formula is C18H21NO. The Morgan fingerprint density at radius 3 is 2.65 bits per heavy atom. The summed E-state index contributed by atoms with van der Waals surface area (Å²) in [6, 6.07) is 16.8.